The highest BCUT2D eigenvalue weighted by Crippen LogP contribution is 2.30. The molecule has 0 aromatic rings. The number of fused-ring (bicyclic) bond motifs is 1. The molecule has 0 aromatic heterocycles. The first-order valence-electron chi connectivity index (χ1n) is 8.73. The van der Waals surface area contributed by atoms with Crippen LogP contribution in [0.25, 0.3) is 0 Å². The van der Waals surface area contributed by atoms with Crippen molar-refractivity contribution < 1.29 is 8.42 Å². The van der Waals surface area contributed by atoms with E-state index in [0.717, 1.165) is 19.5 Å². The first-order valence-corrected chi connectivity index (χ1v) is 10.2. The summed E-state index contributed by atoms with van der Waals surface area (Å²) in [5, 5.41) is 0. The first-order chi connectivity index (χ1) is 10.6. The Hall–Kier alpha value is -0.210. The van der Waals surface area contributed by atoms with E-state index in [0.29, 0.717) is 31.6 Å². The summed E-state index contributed by atoms with van der Waals surface area (Å²) in [6.45, 7) is 5.86. The molecule has 128 valence electrons. The summed E-state index contributed by atoms with van der Waals surface area (Å²) in [5.41, 5.74) is 0. The smallest absolute Gasteiger partial charge is 0.279 e. The van der Waals surface area contributed by atoms with Gasteiger partial charge in [0.1, 0.15) is 0 Å². The molecule has 1 N–H and O–H groups in total. The fourth-order valence-electron chi connectivity index (χ4n) is 4.15. The molecule has 0 radical (unpaired) electrons. The number of hydrogen-bond donors (Lipinski definition) is 1. The monoisotopic (exact) mass is 330 g/mol. The van der Waals surface area contributed by atoms with Gasteiger partial charge in [-0.25, -0.2) is 4.72 Å². The Labute approximate surface area is 135 Å². The molecule has 3 aliphatic rings. The highest BCUT2D eigenvalue weighted by Gasteiger charge is 2.34. The number of nitrogens with one attached hydrogen (secondary N) is 1. The maximum absolute atomic E-state index is 12.5. The summed E-state index contributed by atoms with van der Waals surface area (Å²) in [6, 6.07) is 0.595. The van der Waals surface area contributed by atoms with Gasteiger partial charge in [-0.15, -0.1) is 0 Å². The van der Waals surface area contributed by atoms with E-state index in [1.807, 2.05) is 7.05 Å². The fourth-order valence-corrected chi connectivity index (χ4v) is 5.40. The standard InChI is InChI=1S/C15H30N4O2S/c1-17-9-11-19(12-10-17)22(20,21)16-13-14-5-4-8-18-7-3-2-6-15(14)18/h14-16H,2-13H2,1H3/t14-,15+/m0/s1. The van der Waals surface area contributed by atoms with Gasteiger partial charge < -0.3 is 9.80 Å². The van der Waals surface area contributed by atoms with Crippen LogP contribution in [0.5, 0.6) is 0 Å². The molecule has 3 saturated heterocycles. The maximum Gasteiger partial charge on any atom is 0.279 e. The van der Waals surface area contributed by atoms with Crippen LogP contribution in [-0.4, -0.2) is 81.4 Å². The minimum Gasteiger partial charge on any atom is -0.304 e. The summed E-state index contributed by atoms with van der Waals surface area (Å²) in [7, 11) is -1.27. The van der Waals surface area contributed by atoms with E-state index in [2.05, 4.69) is 14.5 Å². The van der Waals surface area contributed by atoms with E-state index in [1.165, 1.54) is 38.8 Å². The fraction of sp³-hybridized carbons (Fsp3) is 1.00. The normalized spacial score (nSPS) is 32.8. The van der Waals surface area contributed by atoms with Crippen LogP contribution in [0, 0.1) is 5.92 Å². The van der Waals surface area contributed by atoms with Crippen molar-refractivity contribution >= 4 is 10.2 Å². The number of piperazine rings is 1. The lowest BCUT2D eigenvalue weighted by atomic mass is 9.84. The van der Waals surface area contributed by atoms with Gasteiger partial charge in [-0.2, -0.15) is 12.7 Å². The Morgan fingerprint density at radius 3 is 2.45 bits per heavy atom. The Balaban J connectivity index is 1.54. The van der Waals surface area contributed by atoms with Crippen LogP contribution in [0.15, 0.2) is 0 Å². The number of hydrogen-bond acceptors (Lipinski definition) is 4. The maximum atomic E-state index is 12.5. The van der Waals surface area contributed by atoms with Crippen LogP contribution < -0.4 is 4.72 Å². The van der Waals surface area contributed by atoms with Gasteiger partial charge in [0.25, 0.3) is 10.2 Å². The lowest BCUT2D eigenvalue weighted by molar-refractivity contribution is 0.0615. The molecule has 3 aliphatic heterocycles. The highest BCUT2D eigenvalue weighted by atomic mass is 32.2. The van der Waals surface area contributed by atoms with Gasteiger partial charge in [0, 0.05) is 38.8 Å². The second-order valence-electron chi connectivity index (χ2n) is 7.06. The molecular formula is C15H30N4O2S. The van der Waals surface area contributed by atoms with Crippen LogP contribution in [-0.2, 0) is 10.2 Å². The van der Waals surface area contributed by atoms with E-state index in [1.54, 1.807) is 4.31 Å². The molecule has 0 spiro atoms. The molecular weight excluding hydrogens is 300 g/mol. The Bertz CT molecular complexity index is 460. The molecule has 0 aromatic carbocycles. The van der Waals surface area contributed by atoms with E-state index in [-0.39, 0.29) is 0 Å². The molecule has 0 amide bonds. The first kappa shape index (κ1) is 16.6. The minimum atomic E-state index is -3.31. The molecule has 0 unspecified atom stereocenters. The molecule has 2 atom stereocenters. The molecule has 3 rings (SSSR count). The lowest BCUT2D eigenvalue weighted by Gasteiger charge is -2.44. The SMILES string of the molecule is CN1CCN(S(=O)(=O)NC[C@@H]2CCCN3CCCC[C@H]23)CC1. The zero-order chi connectivity index (χ0) is 15.6. The highest BCUT2D eigenvalue weighted by molar-refractivity contribution is 7.87. The third-order valence-electron chi connectivity index (χ3n) is 5.56. The molecule has 3 heterocycles. The third kappa shape index (κ3) is 3.82. The van der Waals surface area contributed by atoms with E-state index >= 15 is 0 Å². The van der Waals surface area contributed by atoms with Crippen LogP contribution in [0.4, 0.5) is 0 Å². The van der Waals surface area contributed by atoms with Gasteiger partial charge in [0.05, 0.1) is 0 Å². The molecule has 0 bridgehead atoms. The Morgan fingerprint density at radius 1 is 0.955 bits per heavy atom. The number of piperidine rings is 2. The summed E-state index contributed by atoms with van der Waals surface area (Å²) >= 11 is 0. The van der Waals surface area contributed by atoms with Crippen LogP contribution in [0.1, 0.15) is 32.1 Å². The van der Waals surface area contributed by atoms with Crippen molar-refractivity contribution in [1.29, 1.82) is 0 Å². The van der Waals surface area contributed by atoms with Crippen molar-refractivity contribution in [2.45, 2.75) is 38.1 Å². The summed E-state index contributed by atoms with van der Waals surface area (Å²) < 4.78 is 29.5. The lowest BCUT2D eigenvalue weighted by Crippen LogP contribution is -2.54. The van der Waals surface area contributed by atoms with Gasteiger partial charge in [-0.3, -0.25) is 0 Å². The minimum absolute atomic E-state index is 0.483. The zero-order valence-electron chi connectivity index (χ0n) is 13.7. The van der Waals surface area contributed by atoms with E-state index in [9.17, 15) is 8.42 Å². The Morgan fingerprint density at radius 2 is 1.68 bits per heavy atom. The number of nitrogens with zero attached hydrogens (tertiary/aromatic N) is 3. The van der Waals surface area contributed by atoms with Gasteiger partial charge >= 0.3 is 0 Å². The van der Waals surface area contributed by atoms with Crippen molar-refractivity contribution in [2.24, 2.45) is 5.92 Å². The van der Waals surface area contributed by atoms with Crippen LogP contribution in [0.3, 0.4) is 0 Å². The topological polar surface area (TPSA) is 55.9 Å². The average molecular weight is 330 g/mol. The predicted molar refractivity (Wildman–Crippen MR) is 87.9 cm³/mol. The van der Waals surface area contributed by atoms with Crippen molar-refractivity contribution in [3.05, 3.63) is 0 Å². The second-order valence-corrected chi connectivity index (χ2v) is 8.81. The molecule has 3 fully saturated rings. The quantitative estimate of drug-likeness (QED) is 0.807. The summed E-state index contributed by atoms with van der Waals surface area (Å²) in [4.78, 5) is 4.76. The van der Waals surface area contributed by atoms with Gasteiger partial charge in [0.2, 0.25) is 0 Å². The predicted octanol–water partition coefficient (Wildman–Crippen LogP) is 0.333. The molecule has 6 nitrogen and oxygen atoms in total. The van der Waals surface area contributed by atoms with Crippen LogP contribution in [0.2, 0.25) is 0 Å². The van der Waals surface area contributed by atoms with Gasteiger partial charge in [-0.05, 0) is 51.7 Å². The summed E-state index contributed by atoms with van der Waals surface area (Å²) in [5.74, 6) is 0.483. The van der Waals surface area contributed by atoms with Crippen LogP contribution >= 0.6 is 0 Å². The third-order valence-corrected chi connectivity index (χ3v) is 7.14. The van der Waals surface area contributed by atoms with Crippen molar-refractivity contribution in [3.63, 3.8) is 0 Å². The molecule has 22 heavy (non-hydrogen) atoms. The van der Waals surface area contributed by atoms with E-state index < -0.39 is 10.2 Å². The number of rotatable bonds is 4. The Kier molecular flexibility index (Phi) is 5.39. The molecule has 7 heteroatoms. The largest absolute Gasteiger partial charge is 0.304 e. The molecule has 0 aliphatic carbocycles. The van der Waals surface area contributed by atoms with Gasteiger partial charge in [0.15, 0.2) is 0 Å². The van der Waals surface area contributed by atoms with Gasteiger partial charge in [-0.1, -0.05) is 6.42 Å². The average Bonchev–Trinajstić information content (AvgIpc) is 2.53. The van der Waals surface area contributed by atoms with Crippen molar-refractivity contribution in [1.82, 2.24) is 18.8 Å². The number of likely N-dealkylation sites (N-methyl/N-ethyl adjacent to an activating group) is 1. The zero-order valence-corrected chi connectivity index (χ0v) is 14.5. The second kappa shape index (κ2) is 7.13. The van der Waals surface area contributed by atoms with Crippen molar-refractivity contribution in [2.75, 3.05) is 52.9 Å². The van der Waals surface area contributed by atoms with Crippen molar-refractivity contribution in [3.8, 4) is 0 Å². The van der Waals surface area contributed by atoms with E-state index in [4.69, 9.17) is 0 Å². The molecule has 0 saturated carbocycles. The summed E-state index contributed by atoms with van der Waals surface area (Å²) in [6.07, 6.45) is 6.20.